The van der Waals surface area contributed by atoms with Crippen molar-refractivity contribution in [2.45, 2.75) is 93.2 Å². The van der Waals surface area contributed by atoms with E-state index in [0.29, 0.717) is 98.3 Å². The van der Waals surface area contributed by atoms with Gasteiger partial charge in [-0.25, -0.2) is 8.78 Å². The van der Waals surface area contributed by atoms with Gasteiger partial charge in [-0.1, -0.05) is 84.7 Å². The predicted molar refractivity (Wildman–Crippen MR) is 283 cm³/mol. The zero-order chi connectivity index (χ0) is 52.1. The van der Waals surface area contributed by atoms with E-state index in [1.807, 2.05) is 39.8 Å². The van der Waals surface area contributed by atoms with Crippen LogP contribution in [0.2, 0.25) is 10.0 Å². The highest BCUT2D eigenvalue weighted by atomic mass is 35.5. The Morgan fingerprint density at radius 3 is 1.47 bits per heavy atom. The molecule has 2 amide bonds. The van der Waals surface area contributed by atoms with Gasteiger partial charge in [-0.3, -0.25) is 38.8 Å². The number of likely N-dealkylation sites (tertiary alicyclic amines) is 2. The summed E-state index contributed by atoms with van der Waals surface area (Å²) >= 11 is 14.5. The quantitative estimate of drug-likeness (QED) is 0.0600. The Morgan fingerprint density at radius 1 is 0.630 bits per heavy atom. The lowest BCUT2D eigenvalue weighted by Crippen LogP contribution is -2.51. The number of nitrogens with zero attached hydrogens (tertiary/aromatic N) is 8. The number of unbranched alkanes of at least 4 members (excludes halogenated alkanes) is 2. The van der Waals surface area contributed by atoms with E-state index in [9.17, 15) is 28.0 Å². The van der Waals surface area contributed by atoms with Gasteiger partial charge in [0.1, 0.15) is 10.0 Å². The van der Waals surface area contributed by atoms with Gasteiger partial charge in [-0.15, -0.1) is 20.4 Å². The van der Waals surface area contributed by atoms with Gasteiger partial charge in [0.2, 0.25) is 10.3 Å². The highest BCUT2D eigenvalue weighted by Crippen LogP contribution is 2.36. The summed E-state index contributed by atoms with van der Waals surface area (Å²) in [7, 11) is 0. The van der Waals surface area contributed by atoms with E-state index >= 15 is 0 Å². The van der Waals surface area contributed by atoms with E-state index in [2.05, 4.69) is 56.2 Å². The molecule has 2 aliphatic rings. The molecule has 8 rings (SSSR count). The van der Waals surface area contributed by atoms with E-state index in [4.69, 9.17) is 27.9 Å². The zero-order valence-electron chi connectivity index (χ0n) is 41.8. The van der Waals surface area contributed by atoms with Crippen LogP contribution in [0.15, 0.2) is 60.7 Å². The minimum atomic E-state index is -0.764. The van der Waals surface area contributed by atoms with Gasteiger partial charge >= 0.3 is 11.9 Å². The average Bonchev–Trinajstić information content (AvgIpc) is 4.05. The second-order valence-electron chi connectivity index (χ2n) is 19.0. The van der Waals surface area contributed by atoms with Crippen molar-refractivity contribution in [1.82, 2.24) is 30.2 Å². The van der Waals surface area contributed by atoms with Crippen LogP contribution in [0.1, 0.15) is 106 Å². The standard InChI is InChI=1S/C54H58Cl2F2N8O5S2/c1-7-9-19-65(49(67)39-13-11-15-43(55)45(39)57)53-61-59-47(72-53)36-23-31(3)41(32(4)24-36)29-63-21-17-35(18-22-63)51(69)71-52(70)38-27-64(28-38)30-42-33(5)25-37(26-34(42)6)48-60-62-54(73-48)66(20-10-8-2)50(68)40-14-12-16-44(56)46(40)58/h11-16,23-26,35,38H,7-10,17-22,27-30H2,1-6H3. The molecule has 2 saturated heterocycles. The molecule has 6 aromatic rings. The minimum absolute atomic E-state index is 0.113. The number of hydrogen-bond donors (Lipinski definition) is 0. The van der Waals surface area contributed by atoms with Crippen LogP contribution >= 0.6 is 45.9 Å². The number of rotatable bonds is 18. The highest BCUT2D eigenvalue weighted by Gasteiger charge is 2.37. The molecule has 4 heterocycles. The Kier molecular flexibility index (Phi) is 17.5. The smallest absolute Gasteiger partial charge is 0.319 e. The van der Waals surface area contributed by atoms with Crippen LogP contribution in [0.4, 0.5) is 19.0 Å². The summed E-state index contributed by atoms with van der Waals surface area (Å²) in [6, 6.07) is 17.0. The Hall–Kier alpha value is -5.56. The summed E-state index contributed by atoms with van der Waals surface area (Å²) in [5, 5.41) is 19.4. The summed E-state index contributed by atoms with van der Waals surface area (Å²) < 4.78 is 35.2. The molecule has 2 aliphatic heterocycles. The number of anilines is 2. The maximum atomic E-state index is 14.9. The molecule has 0 N–H and O–H groups in total. The van der Waals surface area contributed by atoms with Crippen molar-refractivity contribution in [3.05, 3.63) is 127 Å². The lowest BCUT2D eigenvalue weighted by atomic mass is 9.94. The number of halogens is 4. The Labute approximate surface area is 442 Å². The van der Waals surface area contributed by atoms with Crippen molar-refractivity contribution >= 4 is 79.9 Å². The highest BCUT2D eigenvalue weighted by molar-refractivity contribution is 7.19. The van der Waals surface area contributed by atoms with E-state index in [-0.39, 0.29) is 33.0 Å². The number of amides is 2. The zero-order valence-corrected chi connectivity index (χ0v) is 44.9. The van der Waals surface area contributed by atoms with Crippen molar-refractivity contribution in [2.24, 2.45) is 11.8 Å². The van der Waals surface area contributed by atoms with Gasteiger partial charge in [0.25, 0.3) is 11.8 Å². The van der Waals surface area contributed by atoms with E-state index in [1.165, 1.54) is 62.3 Å². The number of hydrogen-bond acceptors (Lipinski definition) is 13. The number of piperidine rings is 1. The molecule has 0 bridgehead atoms. The molecule has 0 aliphatic carbocycles. The fourth-order valence-corrected chi connectivity index (χ4v) is 11.4. The molecule has 4 aromatic carbocycles. The summed E-state index contributed by atoms with van der Waals surface area (Å²) in [4.78, 5) is 61.0. The van der Waals surface area contributed by atoms with Crippen molar-refractivity contribution in [2.75, 3.05) is 49.1 Å². The van der Waals surface area contributed by atoms with Gasteiger partial charge in [0, 0.05) is 50.4 Å². The SMILES string of the molecule is CCCCN(C(=O)c1cccc(Cl)c1F)c1nnc(-c2cc(C)c(CN3CCC(C(=O)OC(=O)C4CN(Cc5c(C)cc(-c6nnc(N(CCCC)C(=O)c7cccc(Cl)c7F)s6)cc5C)C4)CC3)c(C)c2)s1. The van der Waals surface area contributed by atoms with Crippen molar-refractivity contribution < 1.29 is 32.7 Å². The lowest BCUT2D eigenvalue weighted by Gasteiger charge is -2.38. The van der Waals surface area contributed by atoms with Crippen LogP contribution in [-0.2, 0) is 27.4 Å². The normalized spacial score (nSPS) is 14.5. The van der Waals surface area contributed by atoms with Crippen LogP contribution in [-0.4, -0.2) is 93.2 Å². The maximum Gasteiger partial charge on any atom is 0.319 e. The van der Waals surface area contributed by atoms with E-state index in [1.54, 1.807) is 12.1 Å². The third-order valence-corrected chi connectivity index (χ3v) is 16.3. The number of benzene rings is 4. The van der Waals surface area contributed by atoms with Gasteiger partial charge in [-0.05, 0) is 148 Å². The van der Waals surface area contributed by atoms with Gasteiger partial charge in [0.15, 0.2) is 11.6 Å². The van der Waals surface area contributed by atoms with Gasteiger partial charge in [0.05, 0.1) is 33.0 Å². The number of aromatic nitrogens is 4. The molecule has 0 radical (unpaired) electrons. The van der Waals surface area contributed by atoms with Crippen LogP contribution in [0, 0.1) is 51.2 Å². The first kappa shape index (κ1) is 53.7. The van der Waals surface area contributed by atoms with Crippen molar-refractivity contribution in [3.8, 4) is 21.1 Å². The molecular weight excluding hydrogens is 1010 g/mol. The largest absolute Gasteiger partial charge is 0.393 e. The summed E-state index contributed by atoms with van der Waals surface area (Å²) in [5.74, 6) is -4.24. The number of esters is 2. The number of carbonyl (C=O) groups excluding carboxylic acids is 4. The molecule has 0 spiro atoms. The minimum Gasteiger partial charge on any atom is -0.393 e. The molecular formula is C54H58Cl2F2N8O5S2. The summed E-state index contributed by atoms with van der Waals surface area (Å²) in [5.41, 5.74) is 8.04. The fraction of sp³-hybridized carbons (Fsp3) is 0.407. The second-order valence-corrected chi connectivity index (χ2v) is 21.7. The third-order valence-electron chi connectivity index (χ3n) is 13.7. The first-order valence-corrected chi connectivity index (χ1v) is 27.0. The first-order chi connectivity index (χ1) is 35.0. The maximum absolute atomic E-state index is 14.9. The fourth-order valence-electron chi connectivity index (χ4n) is 9.33. The van der Waals surface area contributed by atoms with Crippen LogP contribution in [0.25, 0.3) is 21.1 Å². The first-order valence-electron chi connectivity index (χ1n) is 24.6. The van der Waals surface area contributed by atoms with E-state index < -0.39 is 35.4 Å². The topological polar surface area (TPSA) is 142 Å². The van der Waals surface area contributed by atoms with Crippen molar-refractivity contribution in [1.29, 1.82) is 0 Å². The number of aryl methyl sites for hydroxylation is 4. The number of carbonyl (C=O) groups is 4. The molecule has 19 heteroatoms. The van der Waals surface area contributed by atoms with Crippen LogP contribution in [0.5, 0.6) is 0 Å². The molecule has 384 valence electrons. The van der Waals surface area contributed by atoms with Crippen LogP contribution in [0.3, 0.4) is 0 Å². The lowest BCUT2D eigenvalue weighted by molar-refractivity contribution is -0.170. The average molecular weight is 1070 g/mol. The molecule has 2 fully saturated rings. The van der Waals surface area contributed by atoms with Gasteiger partial charge in [-0.2, -0.15) is 0 Å². The predicted octanol–water partition coefficient (Wildman–Crippen LogP) is 11.8. The van der Waals surface area contributed by atoms with Crippen LogP contribution < -0.4 is 9.80 Å². The second kappa shape index (κ2) is 23.8. The molecule has 13 nitrogen and oxygen atoms in total. The Bertz CT molecular complexity index is 2980. The summed E-state index contributed by atoms with van der Waals surface area (Å²) in [6.07, 6.45) is 4.24. The number of ether oxygens (including phenoxy) is 1. The Balaban J connectivity index is 0.808. The molecule has 73 heavy (non-hydrogen) atoms. The molecule has 0 unspecified atom stereocenters. The molecule has 0 atom stereocenters. The summed E-state index contributed by atoms with van der Waals surface area (Å²) in [6.45, 7) is 16.6. The third kappa shape index (κ3) is 12.2. The van der Waals surface area contributed by atoms with Gasteiger partial charge < -0.3 is 4.74 Å². The van der Waals surface area contributed by atoms with E-state index in [0.717, 1.165) is 51.8 Å². The molecule has 0 saturated carbocycles. The monoisotopic (exact) mass is 1070 g/mol. The molecule has 2 aromatic heterocycles. The Morgan fingerprint density at radius 2 is 1.04 bits per heavy atom. The van der Waals surface area contributed by atoms with Crippen molar-refractivity contribution in [3.63, 3.8) is 0 Å².